The zero-order valence-electron chi connectivity index (χ0n) is 15.2. The minimum atomic E-state index is -0.119. The molecule has 4 rings (SSSR count). The van der Waals surface area contributed by atoms with E-state index in [0.29, 0.717) is 15.2 Å². The van der Waals surface area contributed by atoms with Crippen LogP contribution in [0.15, 0.2) is 64.5 Å². The van der Waals surface area contributed by atoms with Gasteiger partial charge in [-0.05, 0) is 54.6 Å². The normalized spacial score (nSPS) is 16.9. The lowest BCUT2D eigenvalue weighted by molar-refractivity contribution is -0.113. The Kier molecular flexibility index (Phi) is 5.23. The maximum Gasteiger partial charge on any atom is 0.271 e. The van der Waals surface area contributed by atoms with Gasteiger partial charge in [-0.2, -0.15) is 4.99 Å². The van der Waals surface area contributed by atoms with Gasteiger partial charge in [0, 0.05) is 0 Å². The van der Waals surface area contributed by atoms with Crippen molar-refractivity contribution in [3.05, 3.63) is 70.1 Å². The molecule has 0 aliphatic carbocycles. The average molecular weight is 409 g/mol. The number of hydrogen-bond acceptors (Lipinski definition) is 7. The molecule has 0 radical (unpaired) electrons. The van der Waals surface area contributed by atoms with Crippen LogP contribution >= 0.6 is 23.1 Å². The van der Waals surface area contributed by atoms with Gasteiger partial charge < -0.3 is 4.74 Å². The number of benzene rings is 2. The van der Waals surface area contributed by atoms with Crippen molar-refractivity contribution in [2.45, 2.75) is 6.92 Å². The summed E-state index contributed by atoms with van der Waals surface area (Å²) in [6.45, 7) is 1.87. The number of nitrogens with zero attached hydrogens (tertiary/aromatic N) is 4. The van der Waals surface area contributed by atoms with Gasteiger partial charge in [-0.25, -0.2) is 0 Å². The van der Waals surface area contributed by atoms with E-state index in [-0.39, 0.29) is 5.91 Å². The standard InChI is InChI=1S/C20H16N4O2S2/c1-13-22-23-19(27-13)21-20-24(15-6-4-3-5-7-15)18(25)17(28-20)12-14-8-10-16(26-2)11-9-14/h3-12H,1-2H3/b17-12-,21-20+. The second-order valence-corrected chi connectivity index (χ2v) is 8.03. The molecule has 140 valence electrons. The predicted molar refractivity (Wildman–Crippen MR) is 114 cm³/mol. The number of amides is 1. The smallest absolute Gasteiger partial charge is 0.271 e. The molecule has 28 heavy (non-hydrogen) atoms. The first-order valence-corrected chi connectivity index (χ1v) is 10.1. The van der Waals surface area contributed by atoms with Crippen molar-refractivity contribution in [2.24, 2.45) is 4.99 Å². The van der Waals surface area contributed by atoms with Crippen LogP contribution in [-0.4, -0.2) is 28.4 Å². The predicted octanol–water partition coefficient (Wildman–Crippen LogP) is 4.66. The highest BCUT2D eigenvalue weighted by molar-refractivity contribution is 8.19. The number of aliphatic imine (C=N–C) groups is 1. The molecule has 1 aliphatic heterocycles. The maximum absolute atomic E-state index is 13.1. The summed E-state index contributed by atoms with van der Waals surface area (Å²) in [4.78, 5) is 19.9. The molecule has 2 aromatic carbocycles. The van der Waals surface area contributed by atoms with Crippen molar-refractivity contribution < 1.29 is 9.53 Å². The highest BCUT2D eigenvalue weighted by Gasteiger charge is 2.35. The van der Waals surface area contributed by atoms with Crippen molar-refractivity contribution in [1.29, 1.82) is 0 Å². The molecule has 0 saturated carbocycles. The van der Waals surface area contributed by atoms with Crippen molar-refractivity contribution in [3.8, 4) is 5.75 Å². The van der Waals surface area contributed by atoms with E-state index < -0.39 is 0 Å². The summed E-state index contributed by atoms with van der Waals surface area (Å²) in [5, 5.41) is 9.97. The monoisotopic (exact) mass is 408 g/mol. The third-order valence-corrected chi connectivity index (χ3v) is 5.64. The molecule has 0 unspecified atom stereocenters. The van der Waals surface area contributed by atoms with Crippen LogP contribution in [0.25, 0.3) is 6.08 Å². The molecule has 2 heterocycles. The van der Waals surface area contributed by atoms with Crippen LogP contribution < -0.4 is 9.64 Å². The van der Waals surface area contributed by atoms with E-state index in [0.717, 1.165) is 22.0 Å². The summed E-state index contributed by atoms with van der Waals surface area (Å²) < 4.78 is 5.19. The minimum Gasteiger partial charge on any atom is -0.497 e. The van der Waals surface area contributed by atoms with E-state index >= 15 is 0 Å². The fourth-order valence-corrected chi connectivity index (χ4v) is 4.22. The number of aryl methyl sites for hydroxylation is 1. The summed E-state index contributed by atoms with van der Waals surface area (Å²) in [5.74, 6) is 0.652. The molecule has 1 amide bonds. The number of carbonyl (C=O) groups excluding carboxylic acids is 1. The third kappa shape index (κ3) is 3.83. The van der Waals surface area contributed by atoms with E-state index in [1.165, 1.54) is 23.1 Å². The number of methoxy groups -OCH3 is 1. The first-order valence-electron chi connectivity index (χ1n) is 8.46. The lowest BCUT2D eigenvalue weighted by Gasteiger charge is -2.14. The molecule has 0 atom stereocenters. The summed E-state index contributed by atoms with van der Waals surface area (Å²) in [6, 6.07) is 17.0. The fourth-order valence-electron chi connectivity index (χ4n) is 2.62. The quantitative estimate of drug-likeness (QED) is 0.587. The van der Waals surface area contributed by atoms with Gasteiger partial charge in [0.1, 0.15) is 10.8 Å². The molecule has 0 bridgehead atoms. The van der Waals surface area contributed by atoms with Crippen molar-refractivity contribution in [1.82, 2.24) is 10.2 Å². The molecule has 6 nitrogen and oxygen atoms in total. The highest BCUT2D eigenvalue weighted by Crippen LogP contribution is 2.37. The molecule has 1 aliphatic rings. The summed E-state index contributed by atoms with van der Waals surface area (Å²) >= 11 is 2.71. The molecular weight excluding hydrogens is 392 g/mol. The van der Waals surface area contributed by atoms with E-state index in [9.17, 15) is 4.79 Å². The molecule has 3 aromatic rings. The van der Waals surface area contributed by atoms with Crippen molar-refractivity contribution >= 4 is 51.1 Å². The van der Waals surface area contributed by atoms with Gasteiger partial charge in [-0.3, -0.25) is 9.69 Å². The lowest BCUT2D eigenvalue weighted by atomic mass is 10.2. The highest BCUT2D eigenvalue weighted by atomic mass is 32.2. The molecule has 0 spiro atoms. The SMILES string of the molecule is COc1ccc(/C=C2\S/C(=N/c3nnc(C)s3)N(c3ccccc3)C2=O)cc1. The summed E-state index contributed by atoms with van der Waals surface area (Å²) in [5.41, 5.74) is 1.68. The number of rotatable bonds is 4. The second-order valence-electron chi connectivity index (χ2n) is 5.86. The lowest BCUT2D eigenvalue weighted by Crippen LogP contribution is -2.28. The molecule has 1 saturated heterocycles. The van der Waals surface area contributed by atoms with Crippen LogP contribution in [-0.2, 0) is 4.79 Å². The first kappa shape index (κ1) is 18.4. The molecule has 0 N–H and O–H groups in total. The summed E-state index contributed by atoms with van der Waals surface area (Å²) in [6.07, 6.45) is 1.86. The van der Waals surface area contributed by atoms with Crippen LogP contribution in [0, 0.1) is 6.92 Å². The van der Waals surface area contributed by atoms with Gasteiger partial charge in [0.25, 0.3) is 5.91 Å². The second kappa shape index (κ2) is 7.95. The Hall–Kier alpha value is -2.97. The number of ether oxygens (including phenoxy) is 1. The Balaban J connectivity index is 1.73. The number of thioether (sulfide) groups is 1. The van der Waals surface area contributed by atoms with Crippen LogP contribution in [0.4, 0.5) is 10.8 Å². The topological polar surface area (TPSA) is 67.7 Å². The van der Waals surface area contributed by atoms with Crippen LogP contribution in [0.1, 0.15) is 10.6 Å². The van der Waals surface area contributed by atoms with Crippen molar-refractivity contribution in [3.63, 3.8) is 0 Å². The Morgan fingerprint density at radius 3 is 2.46 bits per heavy atom. The Morgan fingerprint density at radius 1 is 1.07 bits per heavy atom. The largest absolute Gasteiger partial charge is 0.497 e. The van der Waals surface area contributed by atoms with E-state index in [2.05, 4.69) is 15.2 Å². The average Bonchev–Trinajstić information content (AvgIpc) is 3.26. The van der Waals surface area contributed by atoms with E-state index in [4.69, 9.17) is 4.74 Å². The third-order valence-electron chi connectivity index (χ3n) is 3.94. The Morgan fingerprint density at radius 2 is 1.82 bits per heavy atom. The van der Waals surface area contributed by atoms with Gasteiger partial charge in [-0.1, -0.05) is 41.7 Å². The number of aromatic nitrogens is 2. The fraction of sp³-hybridized carbons (Fsp3) is 0.100. The van der Waals surface area contributed by atoms with Gasteiger partial charge in [0.05, 0.1) is 17.7 Å². The van der Waals surface area contributed by atoms with Gasteiger partial charge in [0.2, 0.25) is 5.13 Å². The first-order chi connectivity index (χ1) is 13.6. The van der Waals surface area contributed by atoms with Gasteiger partial charge >= 0.3 is 0 Å². The number of carbonyl (C=O) groups is 1. The van der Waals surface area contributed by atoms with Gasteiger partial charge in [-0.15, -0.1) is 10.2 Å². The molecule has 8 heteroatoms. The molecular formula is C20H16N4O2S2. The van der Waals surface area contributed by atoms with Crippen LogP contribution in [0.3, 0.4) is 0 Å². The van der Waals surface area contributed by atoms with Crippen LogP contribution in [0.5, 0.6) is 5.75 Å². The zero-order chi connectivity index (χ0) is 19.5. The summed E-state index contributed by atoms with van der Waals surface area (Å²) in [7, 11) is 1.62. The Bertz CT molecular complexity index is 1060. The van der Waals surface area contributed by atoms with E-state index in [1.54, 1.807) is 12.0 Å². The van der Waals surface area contributed by atoms with Gasteiger partial charge in [0.15, 0.2) is 5.17 Å². The number of hydrogen-bond donors (Lipinski definition) is 0. The number of para-hydroxylation sites is 1. The minimum absolute atomic E-state index is 0.119. The van der Waals surface area contributed by atoms with Crippen molar-refractivity contribution in [2.75, 3.05) is 12.0 Å². The van der Waals surface area contributed by atoms with Crippen LogP contribution in [0.2, 0.25) is 0 Å². The number of anilines is 1. The molecule has 1 aromatic heterocycles. The number of amidine groups is 1. The maximum atomic E-state index is 13.1. The molecule has 1 fully saturated rings. The zero-order valence-corrected chi connectivity index (χ0v) is 16.8. The van der Waals surface area contributed by atoms with E-state index in [1.807, 2.05) is 67.6 Å². The Labute approximate surface area is 170 Å².